The van der Waals surface area contributed by atoms with Crippen molar-refractivity contribution in [1.82, 2.24) is 36.9 Å². The molecule has 3 aromatic rings. The Morgan fingerprint density at radius 3 is 1.82 bits per heavy atom. The van der Waals surface area contributed by atoms with Crippen LogP contribution >= 0.6 is 0 Å². The molecule has 332 valence electrons. The molecule has 0 aliphatic rings. The van der Waals surface area contributed by atoms with Gasteiger partial charge in [-0.05, 0) is 61.1 Å². The summed E-state index contributed by atoms with van der Waals surface area (Å²) >= 11 is 0. The lowest BCUT2D eigenvalue weighted by Gasteiger charge is -2.20. The smallest absolute Gasteiger partial charge is 0.326 e. The van der Waals surface area contributed by atoms with Gasteiger partial charge in [0.2, 0.25) is 17.8 Å². The molecule has 0 aliphatic heterocycles. The Hall–Kier alpha value is -7.65. The fourth-order valence-corrected chi connectivity index (χ4v) is 5.57. The van der Waals surface area contributed by atoms with E-state index in [1.54, 1.807) is 30.3 Å². The van der Waals surface area contributed by atoms with Gasteiger partial charge in [0.15, 0.2) is 6.61 Å². The molecule has 0 saturated heterocycles. The van der Waals surface area contributed by atoms with E-state index in [1.165, 1.54) is 30.3 Å². The molecule has 22 heteroatoms. The third kappa shape index (κ3) is 18.1. The molecule has 3 rings (SSSR count). The number of amides is 6. The zero-order valence-electron chi connectivity index (χ0n) is 33.0. The fourth-order valence-electron chi connectivity index (χ4n) is 5.57. The molecule has 2 aromatic carbocycles. The first-order chi connectivity index (χ1) is 29.5. The van der Waals surface area contributed by atoms with Crippen LogP contribution in [0, 0.1) is 5.95 Å². The molecule has 0 radical (unpaired) electrons. The van der Waals surface area contributed by atoms with E-state index in [1.807, 2.05) is 5.32 Å². The molecular weight excluding hydrogens is 821 g/mol. The van der Waals surface area contributed by atoms with Crippen LogP contribution in [0.5, 0.6) is 5.75 Å². The number of unbranched alkanes of at least 4 members (excludes halogenated alkanes) is 1. The van der Waals surface area contributed by atoms with E-state index in [-0.39, 0.29) is 50.0 Å². The number of hydrogen-bond donors (Lipinski definition) is 10. The Morgan fingerprint density at radius 1 is 0.629 bits per heavy atom. The average Bonchev–Trinajstić information content (AvgIpc) is 3.23. The van der Waals surface area contributed by atoms with Crippen molar-refractivity contribution in [3.8, 4) is 5.75 Å². The van der Waals surface area contributed by atoms with Gasteiger partial charge < -0.3 is 57.1 Å². The van der Waals surface area contributed by atoms with Crippen molar-refractivity contribution in [2.75, 3.05) is 19.7 Å². The second kappa shape index (κ2) is 25.1. The van der Waals surface area contributed by atoms with Gasteiger partial charge in [0, 0.05) is 32.0 Å². The molecule has 0 fully saturated rings. The maximum absolute atomic E-state index is 13.2. The number of nitrogens with zero attached hydrogens (tertiary/aromatic N) is 1. The standard InChI is InChI=1S/C40H46FN7O14/c41-31-15-11-25(20-43-31)35(53)44-21-32(49)46-30(39(59)60)19-24-9-12-26(13-10-24)62-22-33(50)45-29(18-23-6-2-1-3-7-23)36(54)42-17-5-4-8-27(37(55)56)47-40(61)48-28(38(57)58)14-16-34(51)52/h1-3,6-7,9-13,15,20,27-30H,4-5,8,14,16-19,21-22H2,(H,42,54)(H,44,53)(H,45,50)(H,46,49)(H,51,52)(H,55,56)(H,57,58)(H,59,60)(H2,47,48,61)/t27?,28-,29-,30-/m0/s1. The first kappa shape index (κ1) is 48.7. The summed E-state index contributed by atoms with van der Waals surface area (Å²) in [6.07, 6.45) is 0.356. The summed E-state index contributed by atoms with van der Waals surface area (Å²) in [4.78, 5) is 112. The Kier molecular flexibility index (Phi) is 19.7. The van der Waals surface area contributed by atoms with Gasteiger partial charge in [-0.1, -0.05) is 42.5 Å². The van der Waals surface area contributed by atoms with Crippen LogP contribution in [0.2, 0.25) is 0 Å². The molecular formula is C40H46FN7O14. The number of carbonyl (C=O) groups excluding carboxylic acids is 5. The van der Waals surface area contributed by atoms with Crippen molar-refractivity contribution in [3.05, 3.63) is 95.6 Å². The second-order valence-corrected chi connectivity index (χ2v) is 13.6. The minimum absolute atomic E-state index is 0.00149. The van der Waals surface area contributed by atoms with Gasteiger partial charge in [0.1, 0.15) is 29.9 Å². The quantitative estimate of drug-likeness (QED) is 0.0381. The largest absolute Gasteiger partial charge is 0.484 e. The molecule has 1 unspecified atom stereocenters. The summed E-state index contributed by atoms with van der Waals surface area (Å²) in [5.41, 5.74) is 1.21. The summed E-state index contributed by atoms with van der Waals surface area (Å²) < 4.78 is 18.6. The minimum Gasteiger partial charge on any atom is -0.484 e. The van der Waals surface area contributed by atoms with E-state index < -0.39 is 110 Å². The highest BCUT2D eigenvalue weighted by Crippen LogP contribution is 2.14. The van der Waals surface area contributed by atoms with Crippen LogP contribution in [0.25, 0.3) is 0 Å². The van der Waals surface area contributed by atoms with Crippen LogP contribution in [0.15, 0.2) is 72.9 Å². The lowest BCUT2D eigenvalue weighted by atomic mass is 10.0. The van der Waals surface area contributed by atoms with E-state index >= 15 is 0 Å². The van der Waals surface area contributed by atoms with Gasteiger partial charge in [-0.3, -0.25) is 24.0 Å². The summed E-state index contributed by atoms with van der Waals surface area (Å²) in [6.45, 7) is -0.995. The predicted octanol–water partition coefficient (Wildman–Crippen LogP) is 0.226. The predicted molar refractivity (Wildman–Crippen MR) is 212 cm³/mol. The SMILES string of the molecule is O=C(O)CC[C@H](NC(=O)NC(CCCCNC(=O)[C@H](Cc1ccccc1)NC(=O)COc1ccc(C[C@H](NC(=O)CNC(=O)c2ccc(F)nc2)C(=O)O)cc1)C(=O)O)C(=O)O. The molecule has 1 heterocycles. The number of aromatic nitrogens is 1. The summed E-state index contributed by atoms with van der Waals surface area (Å²) in [5.74, 6) is -8.78. The van der Waals surface area contributed by atoms with E-state index in [2.05, 4.69) is 31.6 Å². The summed E-state index contributed by atoms with van der Waals surface area (Å²) in [7, 11) is 0. The molecule has 0 saturated carbocycles. The van der Waals surface area contributed by atoms with E-state index in [9.17, 15) is 62.9 Å². The maximum Gasteiger partial charge on any atom is 0.326 e. The van der Waals surface area contributed by atoms with Crippen LogP contribution in [-0.4, -0.2) is 123 Å². The number of ether oxygens (including phenoxy) is 1. The maximum atomic E-state index is 13.2. The lowest BCUT2D eigenvalue weighted by Crippen LogP contribution is -2.51. The van der Waals surface area contributed by atoms with Crippen molar-refractivity contribution < 1.29 is 72.7 Å². The highest BCUT2D eigenvalue weighted by molar-refractivity contribution is 5.96. The zero-order valence-corrected chi connectivity index (χ0v) is 33.0. The van der Waals surface area contributed by atoms with Gasteiger partial charge >= 0.3 is 29.9 Å². The number of halogens is 1. The van der Waals surface area contributed by atoms with Gasteiger partial charge in [0.05, 0.1) is 12.1 Å². The number of hydrogen-bond acceptors (Lipinski definition) is 11. The highest BCUT2D eigenvalue weighted by Gasteiger charge is 2.26. The summed E-state index contributed by atoms with van der Waals surface area (Å²) in [5, 5.41) is 51.3. The Balaban J connectivity index is 1.47. The molecule has 4 atom stereocenters. The number of carboxylic acid groups (broad SMARTS) is 4. The van der Waals surface area contributed by atoms with E-state index in [0.29, 0.717) is 5.56 Å². The lowest BCUT2D eigenvalue weighted by molar-refractivity contribution is -0.142. The third-order valence-corrected chi connectivity index (χ3v) is 8.77. The number of benzene rings is 2. The highest BCUT2D eigenvalue weighted by atomic mass is 19.1. The summed E-state index contributed by atoms with van der Waals surface area (Å²) in [6, 6.07) is 10.4. The number of nitrogens with one attached hydrogen (secondary N) is 6. The van der Waals surface area contributed by atoms with Crippen LogP contribution in [0.3, 0.4) is 0 Å². The first-order valence-electron chi connectivity index (χ1n) is 19.0. The number of carbonyl (C=O) groups is 9. The molecule has 21 nitrogen and oxygen atoms in total. The number of carboxylic acids is 4. The van der Waals surface area contributed by atoms with Crippen LogP contribution in [-0.2, 0) is 46.4 Å². The van der Waals surface area contributed by atoms with E-state index in [0.717, 1.165) is 17.8 Å². The first-order valence-corrected chi connectivity index (χ1v) is 19.0. The average molecular weight is 868 g/mol. The minimum atomic E-state index is -1.56. The van der Waals surface area contributed by atoms with Crippen LogP contribution < -0.4 is 36.6 Å². The molecule has 0 spiro atoms. The van der Waals surface area contributed by atoms with E-state index in [4.69, 9.17) is 9.84 Å². The molecule has 1 aromatic heterocycles. The Morgan fingerprint density at radius 2 is 1.23 bits per heavy atom. The Labute approximate surface area is 352 Å². The number of rotatable bonds is 26. The van der Waals surface area contributed by atoms with Crippen molar-refractivity contribution in [3.63, 3.8) is 0 Å². The number of urea groups is 1. The monoisotopic (exact) mass is 867 g/mol. The fraction of sp³-hybridized carbons (Fsp3) is 0.350. The number of aliphatic carboxylic acids is 4. The van der Waals surface area contributed by atoms with Crippen molar-refractivity contribution in [1.29, 1.82) is 0 Å². The topological polar surface area (TPSA) is 329 Å². The van der Waals surface area contributed by atoms with Crippen LogP contribution in [0.4, 0.5) is 9.18 Å². The molecule has 0 aliphatic carbocycles. The van der Waals surface area contributed by atoms with Gasteiger partial charge in [-0.2, -0.15) is 4.39 Å². The normalized spacial score (nSPS) is 12.5. The van der Waals surface area contributed by atoms with Crippen molar-refractivity contribution in [2.24, 2.45) is 0 Å². The third-order valence-electron chi connectivity index (χ3n) is 8.77. The zero-order chi connectivity index (χ0) is 45.6. The van der Waals surface area contributed by atoms with Gasteiger partial charge in [-0.25, -0.2) is 24.2 Å². The number of pyridine rings is 1. The second-order valence-electron chi connectivity index (χ2n) is 13.6. The Bertz CT molecular complexity index is 2040. The van der Waals surface area contributed by atoms with Gasteiger partial charge in [0.25, 0.3) is 11.8 Å². The molecule has 0 bridgehead atoms. The van der Waals surface area contributed by atoms with Crippen molar-refractivity contribution in [2.45, 2.75) is 69.1 Å². The van der Waals surface area contributed by atoms with Crippen LogP contribution in [0.1, 0.15) is 53.6 Å². The van der Waals surface area contributed by atoms with Crippen molar-refractivity contribution >= 4 is 53.5 Å². The molecule has 10 N–H and O–H groups in total. The van der Waals surface area contributed by atoms with Gasteiger partial charge in [-0.15, -0.1) is 0 Å². The molecule has 62 heavy (non-hydrogen) atoms. The molecule has 6 amide bonds.